The summed E-state index contributed by atoms with van der Waals surface area (Å²) in [6.07, 6.45) is 0. The molecule has 0 heterocycles. The van der Waals surface area contributed by atoms with Crippen molar-refractivity contribution < 1.29 is 13.2 Å². The summed E-state index contributed by atoms with van der Waals surface area (Å²) in [5.41, 5.74) is 2.30. The number of hydrogen-bond donors (Lipinski definition) is 0. The van der Waals surface area contributed by atoms with E-state index < -0.39 is 10.0 Å². The summed E-state index contributed by atoms with van der Waals surface area (Å²) < 4.78 is 33.7. The molecule has 0 aliphatic carbocycles. The van der Waals surface area contributed by atoms with E-state index in [0.29, 0.717) is 11.4 Å². The van der Waals surface area contributed by atoms with Gasteiger partial charge >= 0.3 is 0 Å². The van der Waals surface area contributed by atoms with Gasteiger partial charge in [0.1, 0.15) is 10.6 Å². The van der Waals surface area contributed by atoms with Crippen molar-refractivity contribution in [2.45, 2.75) is 18.4 Å². The van der Waals surface area contributed by atoms with E-state index in [9.17, 15) is 8.42 Å². The van der Waals surface area contributed by atoms with E-state index in [1.54, 1.807) is 31.4 Å². The van der Waals surface area contributed by atoms with Gasteiger partial charge in [0.2, 0.25) is 0 Å². The van der Waals surface area contributed by atoms with Crippen molar-refractivity contribution in [2.75, 3.05) is 11.4 Å². The third-order valence-corrected chi connectivity index (χ3v) is 6.47. The summed E-state index contributed by atoms with van der Waals surface area (Å²) in [5.74, 6) is 0.629. The Kier molecular flexibility index (Phi) is 5.73. The fourth-order valence-electron chi connectivity index (χ4n) is 2.86. The van der Waals surface area contributed by atoms with Gasteiger partial charge in [0.05, 0.1) is 24.4 Å². The van der Waals surface area contributed by atoms with Gasteiger partial charge in [-0.3, -0.25) is 4.31 Å². The molecule has 0 amide bonds. The molecule has 0 aromatic heterocycles. The van der Waals surface area contributed by atoms with Crippen LogP contribution < -0.4 is 9.04 Å². The molecule has 0 spiro atoms. The lowest BCUT2D eigenvalue weighted by Crippen LogP contribution is -2.31. The van der Waals surface area contributed by atoms with E-state index in [-0.39, 0.29) is 16.5 Å². The molecule has 0 N–H and O–H groups in total. The zero-order chi connectivity index (χ0) is 19.4. The number of benzene rings is 3. The normalized spacial score (nSPS) is 11.2. The van der Waals surface area contributed by atoms with Gasteiger partial charge in [-0.15, -0.1) is 0 Å². The van der Waals surface area contributed by atoms with E-state index in [0.717, 1.165) is 11.1 Å². The molecule has 0 saturated heterocycles. The molecule has 0 fully saturated rings. The number of ether oxygens (including phenoxy) is 1. The summed E-state index contributed by atoms with van der Waals surface area (Å²) in [7, 11) is -2.31. The molecule has 0 aliphatic heterocycles. The predicted molar refractivity (Wildman–Crippen MR) is 109 cm³/mol. The number of sulfonamides is 1. The van der Waals surface area contributed by atoms with Crippen molar-refractivity contribution >= 4 is 27.3 Å². The molecular formula is C21H20ClNO3S. The van der Waals surface area contributed by atoms with Crippen LogP contribution in [0.15, 0.2) is 77.7 Å². The average molecular weight is 402 g/mol. The van der Waals surface area contributed by atoms with E-state index >= 15 is 0 Å². The number of methoxy groups -OCH3 is 1. The van der Waals surface area contributed by atoms with Gasteiger partial charge < -0.3 is 4.74 Å². The highest BCUT2D eigenvalue weighted by Crippen LogP contribution is 2.32. The fourth-order valence-corrected chi connectivity index (χ4v) is 4.79. The number of rotatable bonds is 6. The molecule has 140 valence electrons. The minimum Gasteiger partial charge on any atom is -0.496 e. The third-order valence-electron chi connectivity index (χ3n) is 4.20. The first-order chi connectivity index (χ1) is 12.9. The smallest absolute Gasteiger partial charge is 0.266 e. The zero-order valence-electron chi connectivity index (χ0n) is 15.1. The lowest BCUT2D eigenvalue weighted by Gasteiger charge is -2.26. The van der Waals surface area contributed by atoms with Crippen LogP contribution in [-0.4, -0.2) is 15.5 Å². The maximum absolute atomic E-state index is 13.5. The predicted octanol–water partition coefficient (Wildman–Crippen LogP) is 5.05. The Balaban J connectivity index is 2.15. The number of para-hydroxylation sites is 1. The summed E-state index contributed by atoms with van der Waals surface area (Å²) in [5, 5.41) is 0.190. The van der Waals surface area contributed by atoms with Crippen molar-refractivity contribution in [3.05, 3.63) is 88.9 Å². The number of halogens is 1. The lowest BCUT2D eigenvalue weighted by molar-refractivity contribution is 0.410. The van der Waals surface area contributed by atoms with E-state index in [2.05, 4.69) is 0 Å². The van der Waals surface area contributed by atoms with Gasteiger partial charge in [-0.05, 0) is 42.8 Å². The average Bonchev–Trinajstić information content (AvgIpc) is 2.66. The largest absolute Gasteiger partial charge is 0.496 e. The van der Waals surface area contributed by atoms with Crippen LogP contribution in [0.1, 0.15) is 11.1 Å². The molecule has 0 saturated carbocycles. The van der Waals surface area contributed by atoms with Crippen LogP contribution in [0.2, 0.25) is 5.02 Å². The van der Waals surface area contributed by atoms with Crippen LogP contribution in [0.25, 0.3) is 0 Å². The lowest BCUT2D eigenvalue weighted by atomic mass is 10.2. The van der Waals surface area contributed by atoms with Crippen LogP contribution in [-0.2, 0) is 16.6 Å². The SMILES string of the molecule is COc1ccccc1CN(c1cccc(C)c1)S(=O)(=O)c1ccccc1Cl. The zero-order valence-corrected chi connectivity index (χ0v) is 16.7. The maximum Gasteiger partial charge on any atom is 0.266 e. The summed E-state index contributed by atoms with van der Waals surface area (Å²) in [6.45, 7) is 2.05. The molecule has 3 aromatic carbocycles. The molecule has 4 nitrogen and oxygen atoms in total. The molecular weight excluding hydrogens is 382 g/mol. The molecule has 3 rings (SSSR count). The Morgan fingerprint density at radius 1 is 0.963 bits per heavy atom. The molecule has 0 radical (unpaired) electrons. The molecule has 0 unspecified atom stereocenters. The molecule has 6 heteroatoms. The fraction of sp³-hybridized carbons (Fsp3) is 0.143. The third kappa shape index (κ3) is 4.10. The van der Waals surface area contributed by atoms with Gasteiger partial charge in [0, 0.05) is 5.56 Å². The number of nitrogens with zero attached hydrogens (tertiary/aromatic N) is 1. The van der Waals surface area contributed by atoms with E-state index in [4.69, 9.17) is 16.3 Å². The van der Waals surface area contributed by atoms with E-state index in [1.807, 2.05) is 49.4 Å². The highest BCUT2D eigenvalue weighted by atomic mass is 35.5. The Bertz CT molecular complexity index is 1050. The van der Waals surface area contributed by atoms with Gasteiger partial charge in [0.15, 0.2) is 0 Å². The van der Waals surface area contributed by atoms with Crippen LogP contribution in [0, 0.1) is 6.92 Å². The Labute approximate surface area is 165 Å². The van der Waals surface area contributed by atoms with Crippen LogP contribution >= 0.6 is 11.6 Å². The molecule has 27 heavy (non-hydrogen) atoms. The van der Waals surface area contributed by atoms with Crippen molar-refractivity contribution in [1.82, 2.24) is 0 Å². The quantitative estimate of drug-likeness (QED) is 0.580. The Morgan fingerprint density at radius 2 is 1.67 bits per heavy atom. The first kappa shape index (κ1) is 19.3. The van der Waals surface area contributed by atoms with Crippen LogP contribution in [0.4, 0.5) is 5.69 Å². The van der Waals surface area contributed by atoms with Crippen LogP contribution in [0.5, 0.6) is 5.75 Å². The maximum atomic E-state index is 13.5. The second-order valence-corrected chi connectivity index (χ2v) is 8.33. The summed E-state index contributed by atoms with van der Waals surface area (Å²) in [4.78, 5) is 0.0723. The molecule has 0 bridgehead atoms. The second-order valence-electron chi connectivity index (χ2n) is 6.09. The minimum atomic E-state index is -3.88. The van der Waals surface area contributed by atoms with Gasteiger partial charge in [-0.1, -0.05) is 54.1 Å². The monoisotopic (exact) mass is 401 g/mol. The summed E-state index contributed by atoms with van der Waals surface area (Å²) >= 11 is 6.20. The Hall–Kier alpha value is -2.50. The van der Waals surface area contributed by atoms with Crippen LogP contribution in [0.3, 0.4) is 0 Å². The Morgan fingerprint density at radius 3 is 2.37 bits per heavy atom. The van der Waals surface area contributed by atoms with Gasteiger partial charge in [-0.25, -0.2) is 8.42 Å². The standard InChI is InChI=1S/C21H20ClNO3S/c1-16-8-7-10-18(14-16)23(15-17-9-3-5-12-20(17)26-2)27(24,25)21-13-6-4-11-19(21)22/h3-14H,15H2,1-2H3. The van der Waals surface area contributed by atoms with Crippen molar-refractivity contribution in [1.29, 1.82) is 0 Å². The minimum absolute atomic E-state index is 0.0723. The molecule has 0 aliphatic rings. The van der Waals surface area contributed by atoms with Crippen molar-refractivity contribution in [2.24, 2.45) is 0 Å². The topological polar surface area (TPSA) is 46.6 Å². The number of anilines is 1. The van der Waals surface area contributed by atoms with Crippen molar-refractivity contribution in [3.63, 3.8) is 0 Å². The highest BCUT2D eigenvalue weighted by molar-refractivity contribution is 7.93. The van der Waals surface area contributed by atoms with Gasteiger partial charge in [0.25, 0.3) is 10.0 Å². The summed E-state index contributed by atoms with van der Waals surface area (Å²) in [6, 6.07) is 21.2. The first-order valence-electron chi connectivity index (χ1n) is 8.39. The van der Waals surface area contributed by atoms with Gasteiger partial charge in [-0.2, -0.15) is 0 Å². The molecule has 3 aromatic rings. The number of aryl methyl sites for hydroxylation is 1. The number of hydrogen-bond acceptors (Lipinski definition) is 3. The molecule has 0 atom stereocenters. The van der Waals surface area contributed by atoms with E-state index in [1.165, 1.54) is 10.4 Å². The highest BCUT2D eigenvalue weighted by Gasteiger charge is 2.28. The first-order valence-corrected chi connectivity index (χ1v) is 10.2. The van der Waals surface area contributed by atoms with Crippen molar-refractivity contribution in [3.8, 4) is 5.75 Å². The second kappa shape index (κ2) is 8.03.